The van der Waals surface area contributed by atoms with Crippen LogP contribution in [0.2, 0.25) is 0 Å². The summed E-state index contributed by atoms with van der Waals surface area (Å²) in [6.07, 6.45) is 1.54. The molecule has 1 rings (SSSR count). The molecule has 0 heterocycles. The zero-order chi connectivity index (χ0) is 10.6. The minimum absolute atomic E-state index is 0.236. The number of hydrogen-bond donors (Lipinski definition) is 0. The Labute approximate surface area is 85.9 Å². The van der Waals surface area contributed by atoms with E-state index in [1.807, 2.05) is 19.9 Å². The van der Waals surface area contributed by atoms with Crippen molar-refractivity contribution in [2.24, 2.45) is 0 Å². The van der Waals surface area contributed by atoms with Gasteiger partial charge >= 0.3 is 0 Å². The summed E-state index contributed by atoms with van der Waals surface area (Å²) >= 11 is 0. The van der Waals surface area contributed by atoms with Gasteiger partial charge in [-0.25, -0.2) is 8.42 Å². The van der Waals surface area contributed by atoms with Crippen molar-refractivity contribution >= 4 is 9.84 Å². The molecule has 0 aromatic heterocycles. The Hall–Kier alpha value is -0.830. The van der Waals surface area contributed by atoms with Crippen LogP contribution in [0.5, 0.6) is 0 Å². The largest absolute Gasteiger partial charge is 0.224 e. The molecule has 1 aromatic carbocycles. The Morgan fingerprint density at radius 3 is 2.50 bits per heavy atom. The quantitative estimate of drug-likeness (QED) is 0.768. The fourth-order valence-corrected chi connectivity index (χ4v) is 2.74. The van der Waals surface area contributed by atoms with Crippen LogP contribution in [-0.4, -0.2) is 14.2 Å². The molecule has 78 valence electrons. The topological polar surface area (TPSA) is 34.1 Å². The average Bonchev–Trinajstić information content (AvgIpc) is 2.18. The summed E-state index contributed by atoms with van der Waals surface area (Å²) in [6.45, 7) is 3.90. The molecule has 0 radical (unpaired) electrons. The third-order valence-electron chi connectivity index (χ3n) is 2.14. The Balaban J connectivity index is 3.07. The van der Waals surface area contributed by atoms with Gasteiger partial charge in [0.05, 0.1) is 10.6 Å². The van der Waals surface area contributed by atoms with Crippen molar-refractivity contribution in [2.45, 2.75) is 31.6 Å². The van der Waals surface area contributed by atoms with Gasteiger partial charge in [0.25, 0.3) is 0 Å². The minimum Gasteiger partial charge on any atom is -0.224 e. The van der Waals surface area contributed by atoms with E-state index in [9.17, 15) is 8.42 Å². The fraction of sp³-hybridized carbons (Fsp3) is 0.455. The van der Waals surface area contributed by atoms with E-state index in [2.05, 4.69) is 0 Å². The van der Waals surface area contributed by atoms with Gasteiger partial charge in [0.1, 0.15) is 0 Å². The van der Waals surface area contributed by atoms with Crippen molar-refractivity contribution in [2.75, 3.05) is 5.75 Å². The highest BCUT2D eigenvalue weighted by Gasteiger charge is 2.12. The van der Waals surface area contributed by atoms with Crippen LogP contribution in [0.25, 0.3) is 0 Å². The zero-order valence-electron chi connectivity index (χ0n) is 8.66. The monoisotopic (exact) mass is 212 g/mol. The summed E-state index contributed by atoms with van der Waals surface area (Å²) in [7, 11) is -3.04. The highest BCUT2D eigenvalue weighted by Crippen LogP contribution is 2.14. The Morgan fingerprint density at radius 2 is 1.93 bits per heavy atom. The van der Waals surface area contributed by atoms with Gasteiger partial charge < -0.3 is 0 Å². The van der Waals surface area contributed by atoms with Gasteiger partial charge in [-0.3, -0.25) is 0 Å². The van der Waals surface area contributed by atoms with Crippen LogP contribution in [0.4, 0.5) is 0 Å². The van der Waals surface area contributed by atoms with Gasteiger partial charge in [-0.2, -0.15) is 0 Å². The first-order chi connectivity index (χ1) is 6.60. The summed E-state index contributed by atoms with van der Waals surface area (Å²) in [6, 6.07) is 7.20. The van der Waals surface area contributed by atoms with Gasteiger partial charge in [-0.15, -0.1) is 0 Å². The molecule has 0 aliphatic heterocycles. The van der Waals surface area contributed by atoms with Crippen LogP contribution in [0.15, 0.2) is 29.2 Å². The van der Waals surface area contributed by atoms with E-state index in [-0.39, 0.29) is 5.75 Å². The van der Waals surface area contributed by atoms with Crippen molar-refractivity contribution in [3.05, 3.63) is 29.8 Å². The highest BCUT2D eigenvalue weighted by atomic mass is 32.2. The second kappa shape index (κ2) is 4.60. The van der Waals surface area contributed by atoms with E-state index >= 15 is 0 Å². The van der Waals surface area contributed by atoms with Gasteiger partial charge in [0.15, 0.2) is 9.84 Å². The first kappa shape index (κ1) is 11.2. The smallest absolute Gasteiger partial charge is 0.178 e. The third kappa shape index (κ3) is 2.58. The summed E-state index contributed by atoms with van der Waals surface area (Å²) in [5.74, 6) is 0.236. The van der Waals surface area contributed by atoms with E-state index in [1.165, 1.54) is 0 Å². The predicted molar refractivity (Wildman–Crippen MR) is 58.2 cm³/mol. The molecule has 14 heavy (non-hydrogen) atoms. The molecule has 0 aliphatic carbocycles. The standard InChI is InChI=1S/C11H16O2S/c1-3-8-14(12,13)11-7-5-6-10(4-2)9-11/h5-7,9H,3-4,8H2,1-2H3. The molecular weight excluding hydrogens is 196 g/mol. The molecule has 0 spiro atoms. The lowest BCUT2D eigenvalue weighted by atomic mass is 10.2. The average molecular weight is 212 g/mol. The number of rotatable bonds is 4. The summed E-state index contributed by atoms with van der Waals surface area (Å²) in [4.78, 5) is 0.457. The highest BCUT2D eigenvalue weighted by molar-refractivity contribution is 7.91. The molecule has 0 fully saturated rings. The van der Waals surface area contributed by atoms with E-state index in [0.29, 0.717) is 11.3 Å². The summed E-state index contributed by atoms with van der Waals surface area (Å²) in [5.41, 5.74) is 1.07. The molecule has 0 bridgehead atoms. The zero-order valence-corrected chi connectivity index (χ0v) is 9.47. The molecule has 2 nitrogen and oxygen atoms in total. The number of sulfone groups is 1. The number of benzene rings is 1. The molecule has 0 aliphatic rings. The molecule has 1 aromatic rings. The van der Waals surface area contributed by atoms with Crippen LogP contribution in [0, 0.1) is 0 Å². The van der Waals surface area contributed by atoms with Crippen molar-refractivity contribution < 1.29 is 8.42 Å². The fourth-order valence-electron chi connectivity index (χ4n) is 1.35. The van der Waals surface area contributed by atoms with Crippen molar-refractivity contribution in [3.8, 4) is 0 Å². The Morgan fingerprint density at radius 1 is 1.21 bits per heavy atom. The molecule has 0 amide bonds. The van der Waals surface area contributed by atoms with Crippen LogP contribution < -0.4 is 0 Å². The van der Waals surface area contributed by atoms with E-state index in [0.717, 1.165) is 12.0 Å². The molecule has 3 heteroatoms. The molecule has 0 saturated heterocycles. The van der Waals surface area contributed by atoms with Crippen LogP contribution in [0.1, 0.15) is 25.8 Å². The van der Waals surface area contributed by atoms with Crippen LogP contribution >= 0.6 is 0 Å². The van der Waals surface area contributed by atoms with Crippen molar-refractivity contribution in [1.29, 1.82) is 0 Å². The molecule has 0 atom stereocenters. The van der Waals surface area contributed by atoms with Gasteiger partial charge in [0.2, 0.25) is 0 Å². The van der Waals surface area contributed by atoms with Gasteiger partial charge in [-0.05, 0) is 30.5 Å². The van der Waals surface area contributed by atoms with Crippen LogP contribution in [-0.2, 0) is 16.3 Å². The summed E-state index contributed by atoms with van der Waals surface area (Å²) < 4.78 is 23.4. The number of hydrogen-bond acceptors (Lipinski definition) is 2. The van der Waals surface area contributed by atoms with Crippen LogP contribution in [0.3, 0.4) is 0 Å². The van der Waals surface area contributed by atoms with Gasteiger partial charge in [0, 0.05) is 0 Å². The first-order valence-corrected chi connectivity index (χ1v) is 6.57. The number of aryl methyl sites for hydroxylation is 1. The van der Waals surface area contributed by atoms with Crippen molar-refractivity contribution in [3.63, 3.8) is 0 Å². The maximum absolute atomic E-state index is 11.7. The second-order valence-corrected chi connectivity index (χ2v) is 5.43. The summed E-state index contributed by atoms with van der Waals surface area (Å²) in [5, 5.41) is 0. The van der Waals surface area contributed by atoms with E-state index < -0.39 is 9.84 Å². The normalized spacial score (nSPS) is 11.6. The predicted octanol–water partition coefficient (Wildman–Crippen LogP) is 2.43. The maximum Gasteiger partial charge on any atom is 0.178 e. The first-order valence-electron chi connectivity index (χ1n) is 4.92. The molecule has 0 unspecified atom stereocenters. The van der Waals surface area contributed by atoms with Crippen molar-refractivity contribution in [1.82, 2.24) is 0 Å². The lowest BCUT2D eigenvalue weighted by Gasteiger charge is -2.04. The van der Waals surface area contributed by atoms with Gasteiger partial charge in [-0.1, -0.05) is 26.0 Å². The second-order valence-electron chi connectivity index (χ2n) is 3.32. The van der Waals surface area contributed by atoms with E-state index in [4.69, 9.17) is 0 Å². The Bertz CT molecular complexity index is 394. The molecule has 0 N–H and O–H groups in total. The lowest BCUT2D eigenvalue weighted by Crippen LogP contribution is -2.06. The third-order valence-corrected chi connectivity index (χ3v) is 4.06. The minimum atomic E-state index is -3.04. The SMILES string of the molecule is CCCS(=O)(=O)c1cccc(CC)c1. The lowest BCUT2D eigenvalue weighted by molar-refractivity contribution is 0.594. The Kier molecular flexibility index (Phi) is 3.69. The molecular formula is C11H16O2S. The van der Waals surface area contributed by atoms with E-state index in [1.54, 1.807) is 18.2 Å². The molecule has 0 saturated carbocycles. The maximum atomic E-state index is 11.7.